The lowest BCUT2D eigenvalue weighted by Crippen LogP contribution is -2.25. The lowest BCUT2D eigenvalue weighted by molar-refractivity contribution is -0.137. The molecule has 0 fully saturated rings. The van der Waals surface area contributed by atoms with Crippen LogP contribution in [0.1, 0.15) is 57.4 Å². The maximum absolute atomic E-state index is 13.0. The summed E-state index contributed by atoms with van der Waals surface area (Å²) in [6.45, 7) is 18.0. The maximum Gasteiger partial charge on any atom is 0.417 e. The van der Waals surface area contributed by atoms with Crippen molar-refractivity contribution in [3.8, 4) is 0 Å². The SMILES string of the molecule is C=C(Nc1cn[nH]c1C(=C)Nc1ccc(N(CCC)CCC)nc1)c1cncc(C(F)(F)F)c1.CC. The highest BCUT2D eigenvalue weighted by atomic mass is 19.4. The molecule has 36 heavy (non-hydrogen) atoms. The highest BCUT2D eigenvalue weighted by Gasteiger charge is 2.31. The van der Waals surface area contributed by atoms with Crippen LogP contribution < -0.4 is 15.5 Å². The summed E-state index contributed by atoms with van der Waals surface area (Å²) >= 11 is 0. The number of halogens is 3. The van der Waals surface area contributed by atoms with Gasteiger partial charge in [0.2, 0.25) is 0 Å². The summed E-state index contributed by atoms with van der Waals surface area (Å²) in [6.07, 6.45) is 2.90. The molecule has 0 aromatic carbocycles. The molecule has 3 aromatic heterocycles. The Kier molecular flexibility index (Phi) is 10.5. The molecule has 0 aliphatic carbocycles. The van der Waals surface area contributed by atoms with Gasteiger partial charge in [0, 0.05) is 36.7 Å². The van der Waals surface area contributed by atoms with Gasteiger partial charge in [-0.15, -0.1) is 0 Å². The van der Waals surface area contributed by atoms with E-state index in [-0.39, 0.29) is 11.3 Å². The van der Waals surface area contributed by atoms with Crippen molar-refractivity contribution in [3.05, 3.63) is 73.0 Å². The van der Waals surface area contributed by atoms with E-state index in [9.17, 15) is 13.2 Å². The zero-order valence-corrected chi connectivity index (χ0v) is 21.2. The van der Waals surface area contributed by atoms with Crippen LogP contribution in [0.5, 0.6) is 0 Å². The second-order valence-electron chi connectivity index (χ2n) is 7.72. The second-order valence-corrected chi connectivity index (χ2v) is 7.72. The summed E-state index contributed by atoms with van der Waals surface area (Å²) in [5.74, 6) is 0.912. The number of nitrogens with one attached hydrogen (secondary N) is 3. The van der Waals surface area contributed by atoms with E-state index in [1.807, 2.05) is 26.0 Å². The fourth-order valence-electron chi connectivity index (χ4n) is 3.37. The average molecular weight is 502 g/mol. The molecular weight excluding hydrogens is 467 g/mol. The summed E-state index contributed by atoms with van der Waals surface area (Å²) in [4.78, 5) is 10.5. The van der Waals surface area contributed by atoms with Gasteiger partial charge in [0.25, 0.3) is 0 Å². The third-order valence-corrected chi connectivity index (χ3v) is 4.99. The molecule has 0 bridgehead atoms. The van der Waals surface area contributed by atoms with Crippen molar-refractivity contribution in [2.45, 2.75) is 46.7 Å². The van der Waals surface area contributed by atoms with Crippen LogP contribution in [0.15, 0.2) is 56.1 Å². The Morgan fingerprint density at radius 3 is 2.25 bits per heavy atom. The first-order valence-electron chi connectivity index (χ1n) is 11.9. The van der Waals surface area contributed by atoms with Gasteiger partial charge in [0.05, 0.1) is 35.0 Å². The lowest BCUT2D eigenvalue weighted by atomic mass is 10.1. The molecule has 0 spiro atoms. The number of pyridine rings is 2. The molecule has 0 atom stereocenters. The van der Waals surface area contributed by atoms with Gasteiger partial charge < -0.3 is 15.5 Å². The number of aromatic amines is 1. The fraction of sp³-hybridized carbons (Fsp3) is 0.346. The summed E-state index contributed by atoms with van der Waals surface area (Å²) < 4.78 is 39.0. The fourth-order valence-corrected chi connectivity index (χ4v) is 3.37. The van der Waals surface area contributed by atoms with Crippen LogP contribution >= 0.6 is 0 Å². The van der Waals surface area contributed by atoms with E-state index < -0.39 is 11.7 Å². The number of hydrogen-bond donors (Lipinski definition) is 3. The van der Waals surface area contributed by atoms with Crippen LogP contribution in [0.3, 0.4) is 0 Å². The van der Waals surface area contributed by atoms with E-state index in [0.29, 0.717) is 17.1 Å². The first-order valence-corrected chi connectivity index (χ1v) is 11.9. The second kappa shape index (κ2) is 13.3. The summed E-state index contributed by atoms with van der Waals surface area (Å²) in [5, 5.41) is 13.0. The Morgan fingerprint density at radius 2 is 1.67 bits per heavy atom. The monoisotopic (exact) mass is 501 g/mol. The van der Waals surface area contributed by atoms with E-state index >= 15 is 0 Å². The first kappa shape index (κ1) is 28.4. The van der Waals surface area contributed by atoms with Gasteiger partial charge in [0.15, 0.2) is 0 Å². The molecule has 7 nitrogen and oxygen atoms in total. The van der Waals surface area contributed by atoms with Crippen LogP contribution in [0.2, 0.25) is 0 Å². The van der Waals surface area contributed by atoms with Crippen LogP contribution in [-0.2, 0) is 6.18 Å². The van der Waals surface area contributed by atoms with E-state index in [2.05, 4.69) is 62.7 Å². The number of alkyl halides is 3. The molecule has 3 rings (SSSR count). The Labute approximate surface area is 210 Å². The van der Waals surface area contributed by atoms with Crippen LogP contribution in [0, 0.1) is 0 Å². The Hall–Kier alpha value is -3.82. The Balaban J connectivity index is 0.00000222. The van der Waals surface area contributed by atoms with Gasteiger partial charge in [-0.05, 0) is 31.0 Å². The van der Waals surface area contributed by atoms with Crippen molar-refractivity contribution in [3.63, 3.8) is 0 Å². The summed E-state index contributed by atoms with van der Waals surface area (Å²) in [7, 11) is 0. The molecule has 3 aromatic rings. The van der Waals surface area contributed by atoms with E-state index in [0.717, 1.165) is 49.7 Å². The zero-order chi connectivity index (χ0) is 26.7. The van der Waals surface area contributed by atoms with Gasteiger partial charge >= 0.3 is 6.18 Å². The predicted octanol–water partition coefficient (Wildman–Crippen LogP) is 7.04. The topological polar surface area (TPSA) is 81.8 Å². The van der Waals surface area contributed by atoms with Crippen molar-refractivity contribution in [1.29, 1.82) is 0 Å². The molecule has 0 saturated carbocycles. The lowest BCUT2D eigenvalue weighted by Gasteiger charge is -2.22. The maximum atomic E-state index is 13.0. The Morgan fingerprint density at radius 1 is 0.972 bits per heavy atom. The predicted molar refractivity (Wildman–Crippen MR) is 142 cm³/mol. The molecule has 194 valence electrons. The number of H-pyrrole nitrogens is 1. The van der Waals surface area contributed by atoms with Gasteiger partial charge in [-0.2, -0.15) is 18.3 Å². The zero-order valence-electron chi connectivity index (χ0n) is 21.2. The number of rotatable bonds is 11. The van der Waals surface area contributed by atoms with E-state index in [4.69, 9.17) is 0 Å². The van der Waals surface area contributed by atoms with Crippen molar-refractivity contribution in [2.75, 3.05) is 28.6 Å². The van der Waals surface area contributed by atoms with Crippen LogP contribution in [0.4, 0.5) is 30.4 Å². The average Bonchev–Trinajstić information content (AvgIpc) is 3.33. The minimum absolute atomic E-state index is 0.212. The molecule has 0 amide bonds. The number of hydrogen-bond acceptors (Lipinski definition) is 6. The molecule has 3 N–H and O–H groups in total. The van der Waals surface area contributed by atoms with Crippen LogP contribution in [-0.4, -0.2) is 33.3 Å². The normalized spacial score (nSPS) is 10.8. The molecule has 10 heteroatoms. The van der Waals surface area contributed by atoms with Gasteiger partial charge in [-0.3, -0.25) is 10.1 Å². The van der Waals surface area contributed by atoms with Crippen LogP contribution in [0.25, 0.3) is 11.4 Å². The largest absolute Gasteiger partial charge is 0.417 e. The standard InChI is InChI=1S/C24H28F3N7.C2H6/c1-5-9-34(10-6-2)22-8-7-20(14-29-22)31-17(4)23-21(15-30-33-23)32-16(3)18-11-19(13-28-12-18)24(25,26)27;1-2/h7-8,11-15,31-32H,3-6,9-10H2,1-2H3,(H,30,33);1-2H3. The molecule has 3 heterocycles. The van der Waals surface area contributed by atoms with Crippen molar-refractivity contribution < 1.29 is 13.2 Å². The summed E-state index contributed by atoms with van der Waals surface area (Å²) in [5.41, 5.74) is 1.88. The van der Waals surface area contributed by atoms with Gasteiger partial charge in [-0.25, -0.2) is 4.98 Å². The molecular formula is C26H34F3N7. The molecule has 0 unspecified atom stereocenters. The smallest absolute Gasteiger partial charge is 0.357 e. The third kappa shape index (κ3) is 7.59. The van der Waals surface area contributed by atoms with E-state index in [1.165, 1.54) is 12.4 Å². The van der Waals surface area contributed by atoms with E-state index in [1.54, 1.807) is 6.20 Å². The Bertz CT molecular complexity index is 1120. The highest BCUT2D eigenvalue weighted by molar-refractivity contribution is 5.84. The highest BCUT2D eigenvalue weighted by Crippen LogP contribution is 2.31. The number of aromatic nitrogens is 4. The first-order chi connectivity index (χ1) is 17.2. The quantitative estimate of drug-likeness (QED) is 0.262. The molecule has 0 aliphatic heterocycles. The molecule has 0 radical (unpaired) electrons. The van der Waals surface area contributed by atoms with Crippen molar-refractivity contribution in [2.24, 2.45) is 0 Å². The van der Waals surface area contributed by atoms with Gasteiger partial charge in [-0.1, -0.05) is 40.9 Å². The summed E-state index contributed by atoms with van der Waals surface area (Å²) in [6, 6.07) is 4.86. The molecule has 0 aliphatic rings. The third-order valence-electron chi connectivity index (χ3n) is 4.99. The number of anilines is 3. The van der Waals surface area contributed by atoms with Crippen molar-refractivity contribution >= 4 is 28.6 Å². The minimum Gasteiger partial charge on any atom is -0.357 e. The molecule has 0 saturated heterocycles. The number of nitrogens with zero attached hydrogens (tertiary/aromatic N) is 4. The minimum atomic E-state index is -4.49. The van der Waals surface area contributed by atoms with Gasteiger partial charge in [0.1, 0.15) is 11.5 Å². The van der Waals surface area contributed by atoms with Crippen molar-refractivity contribution in [1.82, 2.24) is 20.2 Å².